The molecule has 2 N–H and O–H groups in total. The van der Waals surface area contributed by atoms with Crippen molar-refractivity contribution in [3.63, 3.8) is 0 Å². The van der Waals surface area contributed by atoms with E-state index in [2.05, 4.69) is 22.5 Å². The number of hydrogen-bond donors (Lipinski definition) is 2. The first-order chi connectivity index (χ1) is 14.2. The summed E-state index contributed by atoms with van der Waals surface area (Å²) in [5.41, 5.74) is 1.12. The van der Waals surface area contributed by atoms with E-state index in [4.69, 9.17) is 9.47 Å². The van der Waals surface area contributed by atoms with Crippen LogP contribution < -0.4 is 10.6 Å². The number of ether oxygens (including phenoxy) is 2. The summed E-state index contributed by atoms with van der Waals surface area (Å²) in [5, 5.41) is 6.35. The SMILES string of the molecule is CCCCOCCOCCNC(=NCC(=O)N(CC)Cc1ccccc1)NCC. The second-order valence-corrected chi connectivity index (χ2v) is 6.59. The molecule has 0 bridgehead atoms. The van der Waals surface area contributed by atoms with Gasteiger partial charge in [-0.1, -0.05) is 43.7 Å². The van der Waals surface area contributed by atoms with Gasteiger partial charge in [0.05, 0.1) is 19.8 Å². The second kappa shape index (κ2) is 16.8. The topological polar surface area (TPSA) is 75.2 Å². The molecule has 1 aromatic carbocycles. The maximum Gasteiger partial charge on any atom is 0.244 e. The number of aliphatic imine (C=N–C) groups is 1. The quantitative estimate of drug-likeness (QED) is 0.266. The highest BCUT2D eigenvalue weighted by atomic mass is 16.5. The zero-order valence-electron chi connectivity index (χ0n) is 18.3. The number of benzene rings is 1. The molecule has 0 aromatic heterocycles. The van der Waals surface area contributed by atoms with Crippen LogP contribution in [0.3, 0.4) is 0 Å². The van der Waals surface area contributed by atoms with Crippen LogP contribution in [0.5, 0.6) is 0 Å². The first-order valence-corrected chi connectivity index (χ1v) is 10.7. The molecule has 0 fully saturated rings. The van der Waals surface area contributed by atoms with E-state index in [1.165, 1.54) is 0 Å². The lowest BCUT2D eigenvalue weighted by Crippen LogP contribution is -2.40. The second-order valence-electron chi connectivity index (χ2n) is 6.59. The minimum atomic E-state index is 0.00836. The lowest BCUT2D eigenvalue weighted by atomic mass is 10.2. The minimum absolute atomic E-state index is 0.00836. The largest absolute Gasteiger partial charge is 0.379 e. The molecule has 1 aromatic rings. The maximum absolute atomic E-state index is 12.5. The first-order valence-electron chi connectivity index (χ1n) is 10.7. The highest BCUT2D eigenvalue weighted by Crippen LogP contribution is 2.04. The third-order valence-electron chi connectivity index (χ3n) is 4.22. The van der Waals surface area contributed by atoms with Gasteiger partial charge in [0, 0.05) is 32.8 Å². The van der Waals surface area contributed by atoms with Crippen molar-refractivity contribution in [1.29, 1.82) is 0 Å². The molecule has 0 saturated carbocycles. The summed E-state index contributed by atoms with van der Waals surface area (Å²) < 4.78 is 11.0. The third kappa shape index (κ3) is 12.1. The molecule has 7 nitrogen and oxygen atoms in total. The van der Waals surface area contributed by atoms with Gasteiger partial charge in [-0.3, -0.25) is 4.79 Å². The molecule has 0 aliphatic heterocycles. The van der Waals surface area contributed by atoms with E-state index >= 15 is 0 Å². The number of nitrogens with zero attached hydrogens (tertiary/aromatic N) is 2. The number of hydrogen-bond acceptors (Lipinski definition) is 4. The highest BCUT2D eigenvalue weighted by molar-refractivity contribution is 5.84. The van der Waals surface area contributed by atoms with Crippen molar-refractivity contribution in [2.75, 3.05) is 52.6 Å². The Morgan fingerprint density at radius 3 is 2.38 bits per heavy atom. The van der Waals surface area contributed by atoms with Gasteiger partial charge < -0.3 is 25.0 Å². The maximum atomic E-state index is 12.5. The number of carbonyl (C=O) groups excluding carboxylic acids is 1. The van der Waals surface area contributed by atoms with Crippen LogP contribution in [0.15, 0.2) is 35.3 Å². The fourth-order valence-electron chi connectivity index (χ4n) is 2.58. The Hall–Kier alpha value is -2.12. The van der Waals surface area contributed by atoms with Gasteiger partial charge in [-0.15, -0.1) is 0 Å². The number of carbonyl (C=O) groups is 1. The normalized spacial score (nSPS) is 11.3. The van der Waals surface area contributed by atoms with Gasteiger partial charge in [0.2, 0.25) is 5.91 Å². The molecule has 0 heterocycles. The average molecular weight is 407 g/mol. The van der Waals surface area contributed by atoms with Gasteiger partial charge in [0.25, 0.3) is 0 Å². The lowest BCUT2D eigenvalue weighted by Gasteiger charge is -2.20. The Morgan fingerprint density at radius 1 is 1.00 bits per heavy atom. The van der Waals surface area contributed by atoms with Crippen molar-refractivity contribution in [3.05, 3.63) is 35.9 Å². The zero-order chi connectivity index (χ0) is 21.2. The van der Waals surface area contributed by atoms with E-state index in [-0.39, 0.29) is 12.5 Å². The molecule has 164 valence electrons. The van der Waals surface area contributed by atoms with Crippen LogP contribution in [0.2, 0.25) is 0 Å². The number of unbranched alkanes of at least 4 members (excludes halogenated alkanes) is 1. The number of nitrogens with one attached hydrogen (secondary N) is 2. The van der Waals surface area contributed by atoms with E-state index in [1.807, 2.05) is 49.1 Å². The monoisotopic (exact) mass is 406 g/mol. The molecule has 1 amide bonds. The Labute approximate surface area is 175 Å². The number of likely N-dealkylation sites (N-methyl/N-ethyl adjacent to an activating group) is 1. The molecule has 0 unspecified atom stereocenters. The standard InChI is InChI=1S/C22H38N4O3/c1-4-7-14-28-16-17-29-15-13-24-22(23-5-2)25-18-21(27)26(6-3)19-20-11-9-8-10-12-20/h8-12H,4-7,13-19H2,1-3H3,(H2,23,24,25). The van der Waals surface area contributed by atoms with Crippen molar-refractivity contribution in [1.82, 2.24) is 15.5 Å². The molecule has 1 rings (SSSR count). The smallest absolute Gasteiger partial charge is 0.244 e. The summed E-state index contributed by atoms with van der Waals surface area (Å²) in [6, 6.07) is 10.00. The fraction of sp³-hybridized carbons (Fsp3) is 0.636. The predicted octanol–water partition coefficient (Wildman–Crippen LogP) is 2.42. The zero-order valence-corrected chi connectivity index (χ0v) is 18.3. The summed E-state index contributed by atoms with van der Waals surface area (Å²) in [7, 11) is 0. The molecule has 0 saturated heterocycles. The van der Waals surface area contributed by atoms with Gasteiger partial charge in [-0.05, 0) is 25.8 Å². The van der Waals surface area contributed by atoms with Crippen LogP contribution >= 0.6 is 0 Å². The summed E-state index contributed by atoms with van der Waals surface area (Å²) in [6.07, 6.45) is 2.23. The fourth-order valence-corrected chi connectivity index (χ4v) is 2.58. The van der Waals surface area contributed by atoms with Gasteiger partial charge >= 0.3 is 0 Å². The summed E-state index contributed by atoms with van der Waals surface area (Å²) in [4.78, 5) is 18.8. The third-order valence-corrected chi connectivity index (χ3v) is 4.22. The summed E-state index contributed by atoms with van der Waals surface area (Å²) >= 11 is 0. The van der Waals surface area contributed by atoms with E-state index in [1.54, 1.807) is 0 Å². The van der Waals surface area contributed by atoms with E-state index in [0.717, 1.165) is 31.6 Å². The lowest BCUT2D eigenvalue weighted by molar-refractivity contribution is -0.130. The van der Waals surface area contributed by atoms with Gasteiger partial charge in [-0.25, -0.2) is 4.99 Å². The van der Waals surface area contributed by atoms with Crippen LogP contribution in [-0.4, -0.2) is 69.4 Å². The Morgan fingerprint density at radius 2 is 1.72 bits per heavy atom. The molecule has 0 aliphatic carbocycles. The van der Waals surface area contributed by atoms with Crippen LogP contribution in [0.25, 0.3) is 0 Å². The molecule has 29 heavy (non-hydrogen) atoms. The van der Waals surface area contributed by atoms with Gasteiger partial charge in [0.1, 0.15) is 6.54 Å². The van der Waals surface area contributed by atoms with Gasteiger partial charge in [0.15, 0.2) is 5.96 Å². The number of rotatable bonds is 15. The summed E-state index contributed by atoms with van der Waals surface area (Å²) in [6.45, 7) is 11.4. The highest BCUT2D eigenvalue weighted by Gasteiger charge is 2.12. The minimum Gasteiger partial charge on any atom is -0.379 e. The van der Waals surface area contributed by atoms with Gasteiger partial charge in [-0.2, -0.15) is 0 Å². The van der Waals surface area contributed by atoms with Crippen molar-refractivity contribution in [2.24, 2.45) is 4.99 Å². The molecular weight excluding hydrogens is 368 g/mol. The van der Waals surface area contributed by atoms with Crippen molar-refractivity contribution in [3.8, 4) is 0 Å². The van der Waals surface area contributed by atoms with E-state index < -0.39 is 0 Å². The van der Waals surface area contributed by atoms with E-state index in [9.17, 15) is 4.79 Å². The molecule has 0 aliphatic rings. The summed E-state index contributed by atoms with van der Waals surface area (Å²) in [5.74, 6) is 0.633. The Bertz CT molecular complexity index is 566. The number of amides is 1. The molecule has 0 atom stereocenters. The van der Waals surface area contributed by atoms with Crippen molar-refractivity contribution in [2.45, 2.75) is 40.2 Å². The Kier molecular flexibility index (Phi) is 14.4. The molecule has 7 heteroatoms. The van der Waals surface area contributed by atoms with Crippen LogP contribution in [-0.2, 0) is 20.8 Å². The van der Waals surface area contributed by atoms with E-state index in [0.29, 0.717) is 45.4 Å². The average Bonchev–Trinajstić information content (AvgIpc) is 2.75. The predicted molar refractivity (Wildman–Crippen MR) is 118 cm³/mol. The first kappa shape index (κ1) is 24.9. The molecule has 0 spiro atoms. The van der Waals surface area contributed by atoms with Crippen molar-refractivity contribution < 1.29 is 14.3 Å². The Balaban J connectivity index is 2.33. The number of guanidine groups is 1. The van der Waals surface area contributed by atoms with Crippen LogP contribution in [0.4, 0.5) is 0 Å². The molecular formula is C22H38N4O3. The molecule has 0 radical (unpaired) electrons. The van der Waals surface area contributed by atoms with Crippen LogP contribution in [0.1, 0.15) is 39.2 Å². The van der Waals surface area contributed by atoms with Crippen LogP contribution in [0, 0.1) is 0 Å². The van der Waals surface area contributed by atoms with Crippen molar-refractivity contribution >= 4 is 11.9 Å².